The van der Waals surface area contributed by atoms with Crippen LogP contribution in [0.2, 0.25) is 0 Å². The largest absolute Gasteiger partial charge is 0.469 e. The Bertz CT molecular complexity index is 481. The van der Waals surface area contributed by atoms with E-state index in [1.54, 1.807) is 6.92 Å². The molecule has 2 rings (SSSR count). The number of ether oxygens (including phenoxy) is 1. The van der Waals surface area contributed by atoms with Gasteiger partial charge in [0.2, 0.25) is 0 Å². The maximum Gasteiger partial charge on any atom is 0.309 e. The average molecular weight is 298 g/mol. The van der Waals surface area contributed by atoms with Crippen LogP contribution < -0.4 is 0 Å². The molecule has 2 atom stereocenters. The van der Waals surface area contributed by atoms with Crippen LogP contribution in [0.1, 0.15) is 44.3 Å². The highest BCUT2D eigenvalue weighted by atomic mass is 32.2. The third kappa shape index (κ3) is 3.91. The molecule has 112 valence electrons. The van der Waals surface area contributed by atoms with Crippen molar-refractivity contribution in [2.45, 2.75) is 44.4 Å². The molecule has 0 aromatic carbocycles. The molecule has 1 heterocycles. The van der Waals surface area contributed by atoms with E-state index in [0.29, 0.717) is 17.5 Å². The number of carbonyl (C=O) groups excluding carboxylic acids is 1. The zero-order valence-corrected chi connectivity index (χ0v) is 12.9. The molecule has 1 fully saturated rings. The molecular formula is C14H22N2O3S. The molecule has 0 aliphatic heterocycles. The summed E-state index contributed by atoms with van der Waals surface area (Å²) < 4.78 is 18.7. The van der Waals surface area contributed by atoms with E-state index in [2.05, 4.69) is 9.84 Å². The van der Waals surface area contributed by atoms with E-state index in [1.807, 2.05) is 16.9 Å². The van der Waals surface area contributed by atoms with Crippen LogP contribution in [0.3, 0.4) is 0 Å². The van der Waals surface area contributed by atoms with Crippen molar-refractivity contribution in [3.8, 4) is 0 Å². The van der Waals surface area contributed by atoms with Gasteiger partial charge in [-0.15, -0.1) is 0 Å². The minimum Gasteiger partial charge on any atom is -0.469 e. The maximum absolute atomic E-state index is 12.0. The summed E-state index contributed by atoms with van der Waals surface area (Å²) in [6.45, 7) is 1.74. The second-order valence-corrected chi connectivity index (χ2v) is 6.90. The smallest absolute Gasteiger partial charge is 0.309 e. The van der Waals surface area contributed by atoms with E-state index in [0.717, 1.165) is 5.69 Å². The number of esters is 1. The van der Waals surface area contributed by atoms with Crippen LogP contribution in [0.15, 0.2) is 12.3 Å². The minimum absolute atomic E-state index is 0.310. The fraction of sp³-hybridized carbons (Fsp3) is 0.714. The maximum atomic E-state index is 12.0. The monoisotopic (exact) mass is 298 g/mol. The fourth-order valence-electron chi connectivity index (χ4n) is 2.60. The van der Waals surface area contributed by atoms with E-state index in [1.165, 1.54) is 32.8 Å². The highest BCUT2D eigenvalue weighted by Crippen LogP contribution is 2.28. The van der Waals surface area contributed by atoms with Crippen LogP contribution in [0, 0.1) is 5.92 Å². The first-order valence-corrected chi connectivity index (χ1v) is 8.55. The summed E-state index contributed by atoms with van der Waals surface area (Å²) in [5, 5.41) is 4.51. The first kappa shape index (κ1) is 15.2. The Balaban J connectivity index is 1.86. The summed E-state index contributed by atoms with van der Waals surface area (Å²) >= 11 is 0. The molecule has 0 N–H and O–H groups in total. The van der Waals surface area contributed by atoms with Crippen molar-refractivity contribution in [1.82, 2.24) is 9.78 Å². The Kier molecular flexibility index (Phi) is 5.34. The number of rotatable bonds is 6. The molecule has 6 heteroatoms. The van der Waals surface area contributed by atoms with Crippen LogP contribution in [0.4, 0.5) is 0 Å². The SMILES string of the molecule is COC(=O)C(C)CS(=O)Cc1ccn(C2CCCC2)n1. The van der Waals surface area contributed by atoms with Crippen LogP contribution in [0.25, 0.3) is 0 Å². The summed E-state index contributed by atoms with van der Waals surface area (Å²) in [7, 11) is 0.264. The molecule has 0 amide bonds. The molecule has 20 heavy (non-hydrogen) atoms. The Morgan fingerprint density at radius 1 is 1.55 bits per heavy atom. The van der Waals surface area contributed by atoms with E-state index in [9.17, 15) is 9.00 Å². The van der Waals surface area contributed by atoms with Crippen LogP contribution >= 0.6 is 0 Å². The molecule has 0 radical (unpaired) electrons. The second kappa shape index (κ2) is 7.02. The molecular weight excluding hydrogens is 276 g/mol. The van der Waals surface area contributed by atoms with Crippen molar-refractivity contribution < 1.29 is 13.7 Å². The second-order valence-electron chi connectivity index (χ2n) is 5.40. The lowest BCUT2D eigenvalue weighted by Crippen LogP contribution is -2.20. The third-order valence-electron chi connectivity index (χ3n) is 3.71. The number of nitrogens with zero attached hydrogens (tertiary/aromatic N) is 2. The summed E-state index contributed by atoms with van der Waals surface area (Å²) in [6, 6.07) is 2.44. The molecule has 0 saturated heterocycles. The van der Waals surface area contributed by atoms with E-state index < -0.39 is 10.8 Å². The van der Waals surface area contributed by atoms with Gasteiger partial charge in [-0.3, -0.25) is 13.7 Å². The third-order valence-corrected chi connectivity index (χ3v) is 5.20. The van der Waals surface area contributed by atoms with E-state index in [4.69, 9.17) is 0 Å². The first-order chi connectivity index (χ1) is 9.60. The van der Waals surface area contributed by atoms with Crippen molar-refractivity contribution in [1.29, 1.82) is 0 Å². The lowest BCUT2D eigenvalue weighted by Gasteiger charge is -2.09. The quantitative estimate of drug-likeness (QED) is 0.754. The number of hydrogen-bond acceptors (Lipinski definition) is 4. The Hall–Kier alpha value is -1.17. The van der Waals surface area contributed by atoms with Gasteiger partial charge < -0.3 is 4.74 Å². The number of hydrogen-bond donors (Lipinski definition) is 0. The predicted molar refractivity (Wildman–Crippen MR) is 77.6 cm³/mol. The van der Waals surface area contributed by atoms with Crippen molar-refractivity contribution in [2.75, 3.05) is 12.9 Å². The first-order valence-electron chi connectivity index (χ1n) is 7.07. The van der Waals surface area contributed by atoms with Crippen LogP contribution in [-0.2, 0) is 26.1 Å². The molecule has 2 unspecified atom stereocenters. The molecule has 1 aromatic heterocycles. The Morgan fingerprint density at radius 2 is 2.25 bits per heavy atom. The standard InChI is InChI=1S/C14H22N2O3S/c1-11(14(17)19-2)9-20(18)10-12-7-8-16(15-12)13-5-3-4-6-13/h7-8,11,13H,3-6,9-10H2,1-2H3. The molecule has 1 saturated carbocycles. The molecule has 0 spiro atoms. The van der Waals surface area contributed by atoms with Gasteiger partial charge in [-0.1, -0.05) is 19.8 Å². The van der Waals surface area contributed by atoms with E-state index in [-0.39, 0.29) is 11.9 Å². The minimum atomic E-state index is -1.09. The van der Waals surface area contributed by atoms with Gasteiger partial charge in [0.25, 0.3) is 0 Å². The summed E-state index contributed by atoms with van der Waals surface area (Å²) in [5.74, 6) is 0.0805. The topological polar surface area (TPSA) is 61.2 Å². The van der Waals surface area contributed by atoms with Gasteiger partial charge in [0.1, 0.15) is 0 Å². The van der Waals surface area contributed by atoms with E-state index >= 15 is 0 Å². The highest BCUT2D eigenvalue weighted by Gasteiger charge is 2.19. The molecule has 1 aliphatic rings. The summed E-state index contributed by atoms with van der Waals surface area (Å²) in [4.78, 5) is 11.3. The van der Waals surface area contributed by atoms with Gasteiger partial charge in [-0.2, -0.15) is 5.10 Å². The number of aromatic nitrogens is 2. The van der Waals surface area contributed by atoms with Crippen molar-refractivity contribution >= 4 is 16.8 Å². The van der Waals surface area contributed by atoms with Crippen molar-refractivity contribution in [2.24, 2.45) is 5.92 Å². The lowest BCUT2D eigenvalue weighted by molar-refractivity contribution is -0.144. The van der Waals surface area contributed by atoms with Crippen molar-refractivity contribution in [3.63, 3.8) is 0 Å². The Morgan fingerprint density at radius 3 is 2.90 bits per heavy atom. The zero-order valence-electron chi connectivity index (χ0n) is 12.1. The predicted octanol–water partition coefficient (Wildman–Crippen LogP) is 2.06. The van der Waals surface area contributed by atoms with Gasteiger partial charge in [0.05, 0.1) is 30.5 Å². The summed E-state index contributed by atoms with van der Waals surface area (Å²) in [6.07, 6.45) is 6.88. The van der Waals surface area contributed by atoms with Crippen LogP contribution in [-0.4, -0.2) is 32.8 Å². The van der Waals surface area contributed by atoms with Gasteiger partial charge >= 0.3 is 5.97 Å². The zero-order chi connectivity index (χ0) is 14.5. The molecule has 0 bridgehead atoms. The lowest BCUT2D eigenvalue weighted by atomic mass is 10.2. The Labute approximate surface area is 122 Å². The van der Waals surface area contributed by atoms with Gasteiger partial charge in [-0.25, -0.2) is 0 Å². The van der Waals surface area contributed by atoms with Gasteiger partial charge in [0, 0.05) is 22.7 Å². The molecule has 1 aliphatic carbocycles. The number of carbonyl (C=O) groups is 1. The van der Waals surface area contributed by atoms with Crippen molar-refractivity contribution in [3.05, 3.63) is 18.0 Å². The van der Waals surface area contributed by atoms with Crippen LogP contribution in [0.5, 0.6) is 0 Å². The average Bonchev–Trinajstić information content (AvgIpc) is 3.07. The summed E-state index contributed by atoms with van der Waals surface area (Å²) in [5.41, 5.74) is 0.840. The molecule has 1 aromatic rings. The normalized spacial score (nSPS) is 18.9. The highest BCUT2D eigenvalue weighted by molar-refractivity contribution is 7.84. The number of methoxy groups -OCH3 is 1. The fourth-order valence-corrected chi connectivity index (χ4v) is 3.89. The molecule has 5 nitrogen and oxygen atoms in total. The van der Waals surface area contributed by atoms with Gasteiger partial charge in [0.15, 0.2) is 0 Å². The van der Waals surface area contributed by atoms with Gasteiger partial charge in [-0.05, 0) is 18.9 Å².